The van der Waals surface area contributed by atoms with Gasteiger partial charge in [0, 0.05) is 26.2 Å². The Morgan fingerprint density at radius 2 is 0.800 bits per heavy atom. The van der Waals surface area contributed by atoms with E-state index in [0.29, 0.717) is 11.1 Å². The molecule has 0 saturated carbocycles. The number of nitrogens with one attached hydrogen (secondary N) is 2. The molecule has 1 saturated heterocycles. The number of benzene rings is 4. The lowest BCUT2D eigenvalue weighted by Gasteiger charge is -2.29. The molecular weight excluding hydrogens is 745 g/mol. The van der Waals surface area contributed by atoms with Crippen LogP contribution in [0.25, 0.3) is 0 Å². The molecule has 0 bridgehead atoms. The van der Waals surface area contributed by atoms with E-state index in [1.807, 2.05) is 13.8 Å². The molecule has 1 aliphatic heterocycles. The van der Waals surface area contributed by atoms with Crippen LogP contribution in [-0.2, 0) is 43.8 Å². The van der Waals surface area contributed by atoms with Crippen LogP contribution in [0.3, 0.4) is 0 Å². The highest BCUT2D eigenvalue weighted by Gasteiger charge is 2.32. The van der Waals surface area contributed by atoms with Crippen molar-refractivity contribution in [2.75, 3.05) is 65.8 Å². The van der Waals surface area contributed by atoms with Gasteiger partial charge in [-0.3, -0.25) is 9.59 Å². The Labute approximate surface area is 323 Å². The van der Waals surface area contributed by atoms with Gasteiger partial charge in [-0.05, 0) is 49.2 Å². The second-order valence-electron chi connectivity index (χ2n) is 13.0. The minimum absolute atomic E-state index is 0.0344. The van der Waals surface area contributed by atoms with Crippen molar-refractivity contribution in [2.45, 2.75) is 35.7 Å². The van der Waals surface area contributed by atoms with Crippen LogP contribution >= 0.6 is 0 Å². The third-order valence-electron chi connectivity index (χ3n) is 8.99. The van der Waals surface area contributed by atoms with Crippen LogP contribution in [0.5, 0.6) is 0 Å². The van der Waals surface area contributed by atoms with Crippen LogP contribution in [-0.4, -0.2) is 104 Å². The van der Waals surface area contributed by atoms with Gasteiger partial charge in [-0.1, -0.05) is 96.1 Å². The van der Waals surface area contributed by atoms with Gasteiger partial charge in [0.15, 0.2) is 0 Å². The molecule has 0 unspecified atom stereocenters. The van der Waals surface area contributed by atoms with Gasteiger partial charge in [0.25, 0.3) is 0 Å². The molecule has 1 fully saturated rings. The molecule has 4 aromatic rings. The summed E-state index contributed by atoms with van der Waals surface area (Å²) in [5, 5.41) is 0. The Balaban J connectivity index is 1.31. The Kier molecular flexibility index (Phi) is 15.1. The molecule has 0 aliphatic carbocycles. The number of hydrogen-bond donors (Lipinski definition) is 2. The molecule has 0 aromatic heterocycles. The molecule has 0 radical (unpaired) electrons. The number of sulfonamides is 2. The van der Waals surface area contributed by atoms with E-state index in [9.17, 15) is 26.4 Å². The number of carbonyl (C=O) groups excluding carboxylic acids is 2. The molecule has 15 heteroatoms. The van der Waals surface area contributed by atoms with E-state index < -0.39 is 43.9 Å². The van der Waals surface area contributed by atoms with Crippen LogP contribution in [0.1, 0.15) is 34.3 Å². The van der Waals surface area contributed by atoms with Crippen molar-refractivity contribution in [3.05, 3.63) is 131 Å². The van der Waals surface area contributed by atoms with Gasteiger partial charge in [-0.15, -0.1) is 0 Å². The maximum Gasteiger partial charge on any atom is 0.245 e. The van der Waals surface area contributed by atoms with E-state index in [4.69, 9.17) is 14.2 Å². The molecular formula is C40H48N4O9S2. The highest BCUT2D eigenvalue weighted by Crippen LogP contribution is 2.22. The number of amides is 2. The molecule has 2 N–H and O–H groups in total. The summed E-state index contributed by atoms with van der Waals surface area (Å²) in [6.45, 7) is 5.09. The zero-order valence-electron chi connectivity index (χ0n) is 31.0. The average molecular weight is 793 g/mol. The molecule has 2 amide bonds. The molecule has 55 heavy (non-hydrogen) atoms. The summed E-state index contributed by atoms with van der Waals surface area (Å²) in [6, 6.07) is 27.5. The molecule has 2 atom stereocenters. The van der Waals surface area contributed by atoms with Gasteiger partial charge < -0.3 is 24.0 Å². The van der Waals surface area contributed by atoms with Crippen molar-refractivity contribution in [3.8, 4) is 0 Å². The summed E-state index contributed by atoms with van der Waals surface area (Å²) in [6.07, 6.45) is 0. The maximum absolute atomic E-state index is 14.2. The lowest BCUT2D eigenvalue weighted by Crippen LogP contribution is -2.46. The van der Waals surface area contributed by atoms with Crippen molar-refractivity contribution in [1.82, 2.24) is 19.2 Å². The molecule has 4 aromatic carbocycles. The van der Waals surface area contributed by atoms with Crippen LogP contribution in [0.4, 0.5) is 0 Å². The molecule has 294 valence electrons. The van der Waals surface area contributed by atoms with Gasteiger partial charge in [-0.25, -0.2) is 16.8 Å². The number of aryl methyl sites for hydroxylation is 2. The van der Waals surface area contributed by atoms with Crippen molar-refractivity contribution in [1.29, 1.82) is 0 Å². The monoisotopic (exact) mass is 792 g/mol. The topological polar surface area (TPSA) is 161 Å². The quantitative estimate of drug-likeness (QED) is 0.244. The first-order valence-corrected chi connectivity index (χ1v) is 21.0. The highest BCUT2D eigenvalue weighted by molar-refractivity contribution is 7.89. The van der Waals surface area contributed by atoms with Gasteiger partial charge >= 0.3 is 0 Å². The molecule has 13 nitrogen and oxygen atoms in total. The van der Waals surface area contributed by atoms with E-state index in [1.54, 1.807) is 84.9 Å². The second kappa shape index (κ2) is 19.9. The van der Waals surface area contributed by atoms with Crippen LogP contribution in [0.15, 0.2) is 119 Å². The third kappa shape index (κ3) is 12.0. The summed E-state index contributed by atoms with van der Waals surface area (Å²) < 4.78 is 76.7. The van der Waals surface area contributed by atoms with Crippen molar-refractivity contribution in [3.63, 3.8) is 0 Å². The zero-order chi connectivity index (χ0) is 39.3. The first-order valence-electron chi connectivity index (χ1n) is 18.0. The largest absolute Gasteiger partial charge is 0.378 e. The minimum Gasteiger partial charge on any atom is -0.378 e. The van der Waals surface area contributed by atoms with Crippen LogP contribution in [0.2, 0.25) is 0 Å². The molecule has 0 spiro atoms. The smallest absolute Gasteiger partial charge is 0.245 e. The van der Waals surface area contributed by atoms with Gasteiger partial charge in [0.2, 0.25) is 31.9 Å². The third-order valence-corrected chi connectivity index (χ3v) is 11.9. The van der Waals surface area contributed by atoms with Gasteiger partial charge in [0.05, 0.1) is 49.4 Å². The Morgan fingerprint density at radius 3 is 1.13 bits per heavy atom. The lowest BCUT2D eigenvalue weighted by atomic mass is 10.1. The predicted molar refractivity (Wildman–Crippen MR) is 207 cm³/mol. The standard InChI is InChI=1S/C40H48N4O9S2/c1-31-13-17-35(18-14-31)54(47,48)41-37(33-9-5-3-6-10-33)39(45)43-21-25-51-26-22-44(24-28-53-30-29-52-27-23-43)40(46)38(34-11-7-4-8-12-34)42-55(49,50)36-19-15-32(2)16-20-36/h3-20,37-38,41-42H,21-30H2,1-2H3/t37-,38-/m0/s1. The van der Waals surface area contributed by atoms with Crippen molar-refractivity contribution in [2.24, 2.45) is 0 Å². The summed E-state index contributed by atoms with van der Waals surface area (Å²) in [4.78, 5) is 31.4. The fourth-order valence-corrected chi connectivity index (χ4v) is 8.20. The predicted octanol–water partition coefficient (Wildman–Crippen LogP) is 3.76. The molecule has 1 heterocycles. The normalized spacial score (nSPS) is 16.7. The minimum atomic E-state index is -4.09. The zero-order valence-corrected chi connectivity index (χ0v) is 32.6. The fraction of sp³-hybridized carbons (Fsp3) is 0.350. The number of ether oxygens (including phenoxy) is 3. The van der Waals surface area contributed by atoms with E-state index in [0.717, 1.165) is 11.1 Å². The summed E-state index contributed by atoms with van der Waals surface area (Å²) in [7, 11) is -8.18. The SMILES string of the molecule is Cc1ccc(S(=O)(=O)N[C@H](C(=O)N2CCOCCOCCN(C(=O)[C@@H](NS(=O)(=O)c3ccc(C)cc3)c3ccccc3)CCOCC2)c2ccccc2)cc1. The van der Waals surface area contributed by atoms with E-state index in [-0.39, 0.29) is 75.6 Å². The van der Waals surface area contributed by atoms with Crippen molar-refractivity contribution < 1.29 is 40.6 Å². The number of hydrogen-bond acceptors (Lipinski definition) is 9. The molecule has 5 rings (SSSR count). The Hall–Kier alpha value is -4.48. The first-order chi connectivity index (χ1) is 26.4. The van der Waals surface area contributed by atoms with E-state index in [2.05, 4.69) is 9.44 Å². The summed E-state index contributed by atoms with van der Waals surface area (Å²) in [5.41, 5.74) is 2.73. The highest BCUT2D eigenvalue weighted by atomic mass is 32.2. The van der Waals surface area contributed by atoms with Crippen LogP contribution < -0.4 is 9.44 Å². The van der Waals surface area contributed by atoms with Crippen molar-refractivity contribution >= 4 is 31.9 Å². The number of nitrogens with zero attached hydrogens (tertiary/aromatic N) is 2. The second-order valence-corrected chi connectivity index (χ2v) is 16.5. The number of rotatable bonds is 10. The summed E-state index contributed by atoms with van der Waals surface area (Å²) >= 11 is 0. The molecule has 1 aliphatic rings. The Bertz CT molecular complexity index is 1900. The van der Waals surface area contributed by atoms with E-state index >= 15 is 0 Å². The van der Waals surface area contributed by atoms with E-state index in [1.165, 1.54) is 34.1 Å². The average Bonchev–Trinajstić information content (AvgIpc) is 3.19. The summed E-state index contributed by atoms with van der Waals surface area (Å²) in [5.74, 6) is -0.976. The Morgan fingerprint density at radius 1 is 0.491 bits per heavy atom. The fourth-order valence-electron chi connectivity index (χ4n) is 5.85. The van der Waals surface area contributed by atoms with Crippen LogP contribution in [0, 0.1) is 13.8 Å². The maximum atomic E-state index is 14.2. The van der Waals surface area contributed by atoms with Gasteiger partial charge in [-0.2, -0.15) is 9.44 Å². The number of carbonyl (C=O) groups is 2. The lowest BCUT2D eigenvalue weighted by molar-refractivity contribution is -0.135. The first kappa shape index (κ1) is 41.7. The van der Waals surface area contributed by atoms with Gasteiger partial charge in [0.1, 0.15) is 12.1 Å².